The van der Waals surface area contributed by atoms with Gasteiger partial charge < -0.3 is 10.7 Å². The Morgan fingerprint density at radius 3 is 3.05 bits per heavy atom. The quantitative estimate of drug-likeness (QED) is 0.904. The molecule has 2 heterocycles. The van der Waals surface area contributed by atoms with E-state index in [2.05, 4.69) is 35.9 Å². The molecule has 0 spiro atoms. The third-order valence-corrected chi connectivity index (χ3v) is 4.51. The standard InChI is InChI=1S/C16H22N4O/c1-10-5-6-13-15(11(10)2)19-14(18-13)9-20-7-3-4-12(8-20)16(17)21/h5-6,12H,3-4,7-9H2,1-2H3,(H2,17,21)(H,18,19). The molecular weight excluding hydrogens is 264 g/mol. The summed E-state index contributed by atoms with van der Waals surface area (Å²) in [6.07, 6.45) is 1.93. The molecule has 1 atom stereocenters. The van der Waals surface area contributed by atoms with Gasteiger partial charge in [-0.25, -0.2) is 4.98 Å². The van der Waals surface area contributed by atoms with Crippen LogP contribution in [0.15, 0.2) is 12.1 Å². The largest absolute Gasteiger partial charge is 0.369 e. The zero-order valence-corrected chi connectivity index (χ0v) is 12.6. The van der Waals surface area contributed by atoms with Crippen LogP contribution in [0.3, 0.4) is 0 Å². The maximum atomic E-state index is 11.3. The van der Waals surface area contributed by atoms with Crippen LogP contribution < -0.4 is 5.73 Å². The number of rotatable bonds is 3. The molecule has 1 fully saturated rings. The van der Waals surface area contributed by atoms with Crippen LogP contribution in [0.25, 0.3) is 11.0 Å². The van der Waals surface area contributed by atoms with Gasteiger partial charge >= 0.3 is 0 Å². The number of carbonyl (C=O) groups excluding carboxylic acids is 1. The van der Waals surface area contributed by atoms with Gasteiger partial charge in [-0.3, -0.25) is 9.69 Å². The highest BCUT2D eigenvalue weighted by Crippen LogP contribution is 2.21. The Bertz CT molecular complexity index is 676. The first-order chi connectivity index (χ1) is 10.0. The summed E-state index contributed by atoms with van der Waals surface area (Å²) in [5.41, 5.74) is 10.0. The molecule has 0 saturated carbocycles. The molecule has 1 amide bonds. The number of piperidine rings is 1. The fourth-order valence-electron chi connectivity index (χ4n) is 3.08. The average Bonchev–Trinajstić information content (AvgIpc) is 2.87. The Balaban J connectivity index is 1.79. The molecule has 1 unspecified atom stereocenters. The van der Waals surface area contributed by atoms with Gasteiger partial charge in [0.05, 0.1) is 23.5 Å². The van der Waals surface area contributed by atoms with Gasteiger partial charge in [-0.15, -0.1) is 0 Å². The number of hydrogen-bond donors (Lipinski definition) is 2. The number of imidazole rings is 1. The van der Waals surface area contributed by atoms with Gasteiger partial charge in [0.15, 0.2) is 0 Å². The normalized spacial score (nSPS) is 20.0. The van der Waals surface area contributed by atoms with Crippen molar-refractivity contribution in [1.29, 1.82) is 0 Å². The Hall–Kier alpha value is -1.88. The molecule has 5 heteroatoms. The summed E-state index contributed by atoms with van der Waals surface area (Å²) < 4.78 is 0. The van der Waals surface area contributed by atoms with Crippen LogP contribution in [-0.2, 0) is 11.3 Å². The van der Waals surface area contributed by atoms with E-state index in [0.717, 1.165) is 49.3 Å². The predicted octanol–water partition coefficient (Wildman–Crippen LogP) is 1.88. The Kier molecular flexibility index (Phi) is 3.68. The van der Waals surface area contributed by atoms with E-state index in [9.17, 15) is 4.79 Å². The van der Waals surface area contributed by atoms with Crippen molar-refractivity contribution in [3.63, 3.8) is 0 Å². The molecule has 3 rings (SSSR count). The van der Waals surface area contributed by atoms with Crippen LogP contribution in [0.4, 0.5) is 0 Å². The SMILES string of the molecule is Cc1ccc2[nH]c(CN3CCCC(C(N)=O)C3)nc2c1C. The van der Waals surface area contributed by atoms with E-state index in [1.54, 1.807) is 0 Å². The smallest absolute Gasteiger partial charge is 0.221 e. The number of fused-ring (bicyclic) bond motifs is 1. The number of amides is 1. The highest BCUT2D eigenvalue weighted by molar-refractivity contribution is 5.80. The summed E-state index contributed by atoms with van der Waals surface area (Å²) in [5, 5.41) is 0. The van der Waals surface area contributed by atoms with Crippen molar-refractivity contribution >= 4 is 16.9 Å². The molecule has 3 N–H and O–H groups in total. The van der Waals surface area contributed by atoms with Crippen molar-refractivity contribution in [2.24, 2.45) is 11.7 Å². The van der Waals surface area contributed by atoms with Crippen LogP contribution >= 0.6 is 0 Å². The summed E-state index contributed by atoms with van der Waals surface area (Å²) >= 11 is 0. The van der Waals surface area contributed by atoms with Crippen molar-refractivity contribution in [3.8, 4) is 0 Å². The van der Waals surface area contributed by atoms with Crippen LogP contribution in [0.1, 0.15) is 29.8 Å². The Morgan fingerprint density at radius 1 is 1.48 bits per heavy atom. The van der Waals surface area contributed by atoms with E-state index in [-0.39, 0.29) is 11.8 Å². The first kappa shape index (κ1) is 14.1. The number of likely N-dealkylation sites (tertiary alicyclic amines) is 1. The zero-order chi connectivity index (χ0) is 15.0. The average molecular weight is 286 g/mol. The topological polar surface area (TPSA) is 75.0 Å². The number of aromatic nitrogens is 2. The second-order valence-corrected chi connectivity index (χ2v) is 6.06. The van der Waals surface area contributed by atoms with Crippen molar-refractivity contribution < 1.29 is 4.79 Å². The summed E-state index contributed by atoms with van der Waals surface area (Å²) in [7, 11) is 0. The van der Waals surface area contributed by atoms with Crippen molar-refractivity contribution in [3.05, 3.63) is 29.1 Å². The van der Waals surface area contributed by atoms with Gasteiger partial charge in [0, 0.05) is 6.54 Å². The van der Waals surface area contributed by atoms with Crippen LogP contribution in [0.2, 0.25) is 0 Å². The number of nitrogens with zero attached hydrogens (tertiary/aromatic N) is 2. The third kappa shape index (κ3) is 2.78. The fourth-order valence-corrected chi connectivity index (χ4v) is 3.08. The van der Waals surface area contributed by atoms with Crippen LogP contribution in [0.5, 0.6) is 0 Å². The van der Waals surface area contributed by atoms with Gasteiger partial charge in [0.2, 0.25) is 5.91 Å². The minimum absolute atomic E-state index is 0.0212. The van der Waals surface area contributed by atoms with E-state index in [1.807, 2.05) is 0 Å². The highest BCUT2D eigenvalue weighted by Gasteiger charge is 2.24. The molecule has 1 aliphatic rings. The molecule has 1 saturated heterocycles. The number of nitrogens with two attached hydrogens (primary N) is 1. The van der Waals surface area contributed by atoms with Crippen LogP contribution in [0, 0.1) is 19.8 Å². The van der Waals surface area contributed by atoms with Crippen LogP contribution in [-0.4, -0.2) is 33.9 Å². The number of hydrogen-bond acceptors (Lipinski definition) is 3. The summed E-state index contributed by atoms with van der Waals surface area (Å²) in [5.74, 6) is 0.756. The lowest BCUT2D eigenvalue weighted by atomic mass is 9.97. The fraction of sp³-hybridized carbons (Fsp3) is 0.500. The summed E-state index contributed by atoms with van der Waals surface area (Å²) in [6.45, 7) is 6.69. The van der Waals surface area contributed by atoms with E-state index in [4.69, 9.17) is 10.7 Å². The number of aromatic amines is 1. The molecule has 1 aliphatic heterocycles. The maximum absolute atomic E-state index is 11.3. The predicted molar refractivity (Wildman–Crippen MR) is 82.8 cm³/mol. The van der Waals surface area contributed by atoms with E-state index < -0.39 is 0 Å². The minimum Gasteiger partial charge on any atom is -0.369 e. The molecule has 1 aromatic heterocycles. The molecule has 0 aliphatic carbocycles. The van der Waals surface area contributed by atoms with E-state index in [0.29, 0.717) is 0 Å². The number of carbonyl (C=O) groups is 1. The molecule has 5 nitrogen and oxygen atoms in total. The van der Waals surface area contributed by atoms with Crippen molar-refractivity contribution in [2.45, 2.75) is 33.2 Å². The van der Waals surface area contributed by atoms with E-state index >= 15 is 0 Å². The number of aryl methyl sites for hydroxylation is 2. The summed E-state index contributed by atoms with van der Waals surface area (Å²) in [6, 6.07) is 4.19. The molecular formula is C16H22N4O. The molecule has 21 heavy (non-hydrogen) atoms. The molecule has 0 bridgehead atoms. The lowest BCUT2D eigenvalue weighted by Gasteiger charge is -2.30. The van der Waals surface area contributed by atoms with Gasteiger partial charge in [-0.05, 0) is 50.4 Å². The minimum atomic E-state index is -0.184. The number of nitrogens with one attached hydrogen (secondary N) is 1. The van der Waals surface area contributed by atoms with Gasteiger partial charge in [0.25, 0.3) is 0 Å². The second-order valence-electron chi connectivity index (χ2n) is 6.06. The number of H-pyrrole nitrogens is 1. The molecule has 112 valence electrons. The lowest BCUT2D eigenvalue weighted by molar-refractivity contribution is -0.123. The van der Waals surface area contributed by atoms with Gasteiger partial charge in [-0.2, -0.15) is 0 Å². The number of primary amides is 1. The van der Waals surface area contributed by atoms with Crippen molar-refractivity contribution in [2.75, 3.05) is 13.1 Å². The number of benzene rings is 1. The summed E-state index contributed by atoms with van der Waals surface area (Å²) in [4.78, 5) is 21.7. The molecule has 1 aromatic carbocycles. The molecule has 2 aromatic rings. The van der Waals surface area contributed by atoms with E-state index in [1.165, 1.54) is 11.1 Å². The Morgan fingerprint density at radius 2 is 2.29 bits per heavy atom. The monoisotopic (exact) mass is 286 g/mol. The molecule has 0 radical (unpaired) electrons. The first-order valence-electron chi connectivity index (χ1n) is 7.51. The lowest BCUT2D eigenvalue weighted by Crippen LogP contribution is -2.40. The maximum Gasteiger partial charge on any atom is 0.221 e. The van der Waals surface area contributed by atoms with Gasteiger partial charge in [0.1, 0.15) is 5.82 Å². The van der Waals surface area contributed by atoms with Gasteiger partial charge in [-0.1, -0.05) is 6.07 Å². The first-order valence-corrected chi connectivity index (χ1v) is 7.51. The third-order valence-electron chi connectivity index (χ3n) is 4.51. The highest BCUT2D eigenvalue weighted by atomic mass is 16.1. The zero-order valence-electron chi connectivity index (χ0n) is 12.6. The Labute approximate surface area is 124 Å². The van der Waals surface area contributed by atoms with Crippen molar-refractivity contribution in [1.82, 2.24) is 14.9 Å². The second kappa shape index (κ2) is 5.48.